The highest BCUT2D eigenvalue weighted by molar-refractivity contribution is 5.74. The van der Waals surface area contributed by atoms with Crippen molar-refractivity contribution in [3.05, 3.63) is 29.8 Å². The fourth-order valence-electron chi connectivity index (χ4n) is 1.84. The highest BCUT2D eigenvalue weighted by Gasteiger charge is 2.18. The highest BCUT2D eigenvalue weighted by atomic mass is 16.5. The number of carboxylic acid groups (broad SMARTS) is 1. The van der Waals surface area contributed by atoms with E-state index in [1.165, 1.54) is 26.4 Å². The molecule has 1 aromatic carbocycles. The fraction of sp³-hybridized carbons (Fsp3) is 0.533. The molecule has 0 aliphatic carbocycles. The first-order chi connectivity index (χ1) is 9.19. The monoisotopic (exact) mass is 266 g/mol. The van der Waals surface area contributed by atoms with E-state index in [1.807, 2.05) is 0 Å². The van der Waals surface area contributed by atoms with Gasteiger partial charge in [0.2, 0.25) is 0 Å². The molecular formula is C15H22O4. The molecule has 0 aliphatic rings. The Hall–Kier alpha value is -1.55. The average molecular weight is 266 g/mol. The average Bonchev–Trinajstić information content (AvgIpc) is 2.40. The minimum absolute atomic E-state index is 0.619. The van der Waals surface area contributed by atoms with Crippen molar-refractivity contribution in [3.63, 3.8) is 0 Å². The zero-order valence-corrected chi connectivity index (χ0v) is 11.6. The van der Waals surface area contributed by atoms with Crippen molar-refractivity contribution in [1.29, 1.82) is 0 Å². The van der Waals surface area contributed by atoms with Gasteiger partial charge >= 0.3 is 5.97 Å². The topological polar surface area (TPSA) is 55.8 Å². The summed E-state index contributed by atoms with van der Waals surface area (Å²) in [5, 5.41) is 8.96. The van der Waals surface area contributed by atoms with E-state index in [1.54, 1.807) is 24.3 Å². The minimum Gasteiger partial charge on any atom is -0.494 e. The Bertz CT molecular complexity index is 372. The largest absolute Gasteiger partial charge is 0.494 e. The molecule has 0 bridgehead atoms. The van der Waals surface area contributed by atoms with Crippen LogP contribution in [-0.2, 0) is 9.53 Å². The molecular weight excluding hydrogens is 244 g/mol. The Morgan fingerprint density at radius 2 is 1.89 bits per heavy atom. The van der Waals surface area contributed by atoms with Crippen LogP contribution in [-0.4, -0.2) is 24.8 Å². The molecule has 0 fully saturated rings. The summed E-state index contributed by atoms with van der Waals surface area (Å²) in [6.45, 7) is 2.88. The second kappa shape index (κ2) is 8.53. The third-order valence-electron chi connectivity index (χ3n) is 2.91. The van der Waals surface area contributed by atoms with Crippen molar-refractivity contribution < 1.29 is 19.4 Å². The number of rotatable bonds is 9. The molecule has 0 aliphatic heterocycles. The molecule has 0 amide bonds. The molecule has 19 heavy (non-hydrogen) atoms. The van der Waals surface area contributed by atoms with Crippen molar-refractivity contribution in [3.8, 4) is 5.75 Å². The van der Waals surface area contributed by atoms with Gasteiger partial charge in [0.25, 0.3) is 0 Å². The van der Waals surface area contributed by atoms with E-state index in [0.717, 1.165) is 12.2 Å². The molecule has 1 rings (SSSR count). The summed E-state index contributed by atoms with van der Waals surface area (Å²) < 4.78 is 10.5. The maximum absolute atomic E-state index is 10.9. The maximum Gasteiger partial charge on any atom is 0.337 e. The third-order valence-corrected chi connectivity index (χ3v) is 2.91. The van der Waals surface area contributed by atoms with E-state index in [0.29, 0.717) is 12.2 Å². The second-order valence-corrected chi connectivity index (χ2v) is 4.43. The maximum atomic E-state index is 10.9. The van der Waals surface area contributed by atoms with Gasteiger partial charge in [-0.15, -0.1) is 0 Å². The zero-order chi connectivity index (χ0) is 14.1. The van der Waals surface area contributed by atoms with Crippen molar-refractivity contribution >= 4 is 5.97 Å². The molecule has 1 unspecified atom stereocenters. The van der Waals surface area contributed by atoms with Gasteiger partial charge < -0.3 is 14.6 Å². The van der Waals surface area contributed by atoms with Gasteiger partial charge in [0.1, 0.15) is 5.75 Å². The van der Waals surface area contributed by atoms with Gasteiger partial charge in [-0.05, 0) is 24.1 Å². The molecule has 0 saturated carbocycles. The van der Waals surface area contributed by atoms with E-state index in [4.69, 9.17) is 14.6 Å². The number of hydrogen-bond acceptors (Lipinski definition) is 3. The molecule has 0 saturated heterocycles. The van der Waals surface area contributed by atoms with E-state index < -0.39 is 12.1 Å². The highest BCUT2D eigenvalue weighted by Crippen LogP contribution is 2.20. The Balaban J connectivity index is 2.45. The van der Waals surface area contributed by atoms with Crippen LogP contribution in [0.25, 0.3) is 0 Å². The molecule has 0 aromatic heterocycles. The Morgan fingerprint density at radius 3 is 2.42 bits per heavy atom. The summed E-state index contributed by atoms with van der Waals surface area (Å²) in [5.74, 6) is -0.226. The lowest BCUT2D eigenvalue weighted by Crippen LogP contribution is -2.13. The lowest BCUT2D eigenvalue weighted by atomic mass is 10.1. The van der Waals surface area contributed by atoms with E-state index >= 15 is 0 Å². The number of methoxy groups -OCH3 is 1. The lowest BCUT2D eigenvalue weighted by molar-refractivity contribution is -0.148. The van der Waals surface area contributed by atoms with Gasteiger partial charge in [0, 0.05) is 7.11 Å². The van der Waals surface area contributed by atoms with Gasteiger partial charge in [-0.25, -0.2) is 4.79 Å². The van der Waals surface area contributed by atoms with Crippen LogP contribution in [0.4, 0.5) is 0 Å². The number of unbranched alkanes of at least 4 members (excludes halogenated alkanes) is 3. The van der Waals surface area contributed by atoms with Gasteiger partial charge in [-0.2, -0.15) is 0 Å². The molecule has 4 nitrogen and oxygen atoms in total. The summed E-state index contributed by atoms with van der Waals surface area (Å²) in [6.07, 6.45) is 3.75. The number of carboxylic acids is 1. The van der Waals surface area contributed by atoms with E-state index in [2.05, 4.69) is 6.92 Å². The van der Waals surface area contributed by atoms with E-state index in [-0.39, 0.29) is 0 Å². The summed E-state index contributed by atoms with van der Waals surface area (Å²) in [4.78, 5) is 10.9. The Kier molecular flexibility index (Phi) is 6.97. The summed E-state index contributed by atoms with van der Waals surface area (Å²) in [6, 6.07) is 7.02. The van der Waals surface area contributed by atoms with Gasteiger partial charge in [0.05, 0.1) is 6.61 Å². The van der Waals surface area contributed by atoms with Crippen LogP contribution in [0.15, 0.2) is 24.3 Å². The van der Waals surface area contributed by atoms with Crippen LogP contribution in [0.2, 0.25) is 0 Å². The Labute approximate surface area is 114 Å². The SMILES string of the molecule is CCCCCCOc1ccc(C(OC)C(=O)O)cc1. The molecule has 1 atom stereocenters. The first kappa shape index (κ1) is 15.5. The van der Waals surface area contributed by atoms with Gasteiger partial charge in [0.15, 0.2) is 6.10 Å². The first-order valence-corrected chi connectivity index (χ1v) is 6.67. The molecule has 0 radical (unpaired) electrons. The van der Waals surface area contributed by atoms with Crippen LogP contribution in [0.1, 0.15) is 44.3 Å². The lowest BCUT2D eigenvalue weighted by Gasteiger charge is -2.11. The second-order valence-electron chi connectivity index (χ2n) is 4.43. The van der Waals surface area contributed by atoms with Crippen LogP contribution >= 0.6 is 0 Å². The van der Waals surface area contributed by atoms with Crippen LogP contribution in [0.3, 0.4) is 0 Å². The number of benzene rings is 1. The summed E-state index contributed by atoms with van der Waals surface area (Å²) in [5.41, 5.74) is 0.619. The van der Waals surface area contributed by atoms with Crippen LogP contribution in [0, 0.1) is 0 Å². The summed E-state index contributed by atoms with van der Waals surface area (Å²) >= 11 is 0. The third kappa shape index (κ3) is 5.30. The summed E-state index contributed by atoms with van der Waals surface area (Å²) in [7, 11) is 1.39. The Morgan fingerprint density at radius 1 is 1.21 bits per heavy atom. The number of hydrogen-bond donors (Lipinski definition) is 1. The standard InChI is InChI=1S/C15H22O4/c1-3-4-5-6-11-19-13-9-7-12(8-10-13)14(18-2)15(16)17/h7-10,14H,3-6,11H2,1-2H3,(H,16,17). The number of carbonyl (C=O) groups is 1. The molecule has 1 aromatic rings. The zero-order valence-electron chi connectivity index (χ0n) is 11.6. The molecule has 106 valence electrons. The van der Waals surface area contributed by atoms with Crippen molar-refractivity contribution in [2.24, 2.45) is 0 Å². The van der Waals surface area contributed by atoms with Crippen molar-refractivity contribution in [2.75, 3.05) is 13.7 Å². The number of aliphatic carboxylic acids is 1. The predicted molar refractivity (Wildman–Crippen MR) is 73.5 cm³/mol. The molecule has 0 heterocycles. The molecule has 1 N–H and O–H groups in total. The first-order valence-electron chi connectivity index (χ1n) is 6.67. The van der Waals surface area contributed by atoms with Crippen molar-refractivity contribution in [2.45, 2.75) is 38.7 Å². The molecule has 4 heteroatoms. The fourth-order valence-corrected chi connectivity index (χ4v) is 1.84. The number of ether oxygens (including phenoxy) is 2. The predicted octanol–water partition coefficient (Wildman–Crippen LogP) is 3.42. The van der Waals surface area contributed by atoms with Gasteiger partial charge in [-0.1, -0.05) is 38.3 Å². The van der Waals surface area contributed by atoms with Gasteiger partial charge in [-0.3, -0.25) is 0 Å². The normalized spacial score (nSPS) is 12.1. The van der Waals surface area contributed by atoms with Crippen molar-refractivity contribution in [1.82, 2.24) is 0 Å². The smallest absolute Gasteiger partial charge is 0.337 e. The quantitative estimate of drug-likeness (QED) is 0.696. The molecule has 0 spiro atoms. The van der Waals surface area contributed by atoms with E-state index in [9.17, 15) is 4.79 Å². The van der Waals surface area contributed by atoms with Crippen LogP contribution < -0.4 is 4.74 Å². The minimum atomic E-state index is -0.990. The van der Waals surface area contributed by atoms with Crippen LogP contribution in [0.5, 0.6) is 5.75 Å².